The largest absolute Gasteiger partial charge is 0.469 e. The molecule has 0 radical (unpaired) electrons. The first-order valence-corrected chi connectivity index (χ1v) is 10.6. The van der Waals surface area contributed by atoms with Gasteiger partial charge in [0, 0.05) is 4.88 Å². The maximum Gasteiger partial charge on any atom is 0.277 e. The van der Waals surface area contributed by atoms with Crippen molar-refractivity contribution in [2.24, 2.45) is 0 Å². The van der Waals surface area contributed by atoms with Crippen molar-refractivity contribution >= 4 is 29.0 Å². The quantitative estimate of drug-likeness (QED) is 0.424. The van der Waals surface area contributed by atoms with E-state index in [1.807, 2.05) is 17.5 Å². The minimum Gasteiger partial charge on any atom is -0.469 e. The van der Waals surface area contributed by atoms with Crippen molar-refractivity contribution in [3.05, 3.63) is 76.1 Å². The van der Waals surface area contributed by atoms with Gasteiger partial charge in [0.25, 0.3) is 11.1 Å². The van der Waals surface area contributed by atoms with Gasteiger partial charge in [0.1, 0.15) is 11.6 Å². The van der Waals surface area contributed by atoms with E-state index in [9.17, 15) is 9.18 Å². The summed E-state index contributed by atoms with van der Waals surface area (Å²) in [7, 11) is 0. The van der Waals surface area contributed by atoms with E-state index in [4.69, 9.17) is 8.83 Å². The number of thiophene rings is 1. The number of nitrogens with zero attached hydrogens (tertiary/aromatic N) is 2. The van der Waals surface area contributed by atoms with Gasteiger partial charge in [-0.2, -0.15) is 0 Å². The monoisotopic (exact) mass is 429 g/mol. The number of carbonyl (C=O) groups is 1. The van der Waals surface area contributed by atoms with Crippen LogP contribution in [-0.2, 0) is 4.79 Å². The molecule has 0 saturated heterocycles. The lowest BCUT2D eigenvalue weighted by Gasteiger charge is -2.18. The number of rotatable bonds is 7. The number of furan rings is 1. The predicted molar refractivity (Wildman–Crippen MR) is 108 cm³/mol. The highest BCUT2D eigenvalue weighted by molar-refractivity contribution is 7.99. The highest BCUT2D eigenvalue weighted by atomic mass is 32.2. The van der Waals surface area contributed by atoms with E-state index in [1.165, 1.54) is 23.5 Å². The molecule has 6 nitrogen and oxygen atoms in total. The second-order valence-corrected chi connectivity index (χ2v) is 8.03. The first-order chi connectivity index (χ1) is 14.1. The normalized spacial score (nSPS) is 12.1. The number of halogens is 1. The third-order valence-electron chi connectivity index (χ3n) is 4.16. The van der Waals surface area contributed by atoms with Gasteiger partial charge in [-0.25, -0.2) is 4.39 Å². The number of aryl methyl sites for hydroxylation is 1. The molecule has 0 bridgehead atoms. The second kappa shape index (κ2) is 8.62. The third-order valence-corrected chi connectivity index (χ3v) is 5.91. The van der Waals surface area contributed by atoms with E-state index < -0.39 is 0 Å². The molecule has 148 valence electrons. The van der Waals surface area contributed by atoms with E-state index in [-0.39, 0.29) is 23.5 Å². The lowest BCUT2D eigenvalue weighted by molar-refractivity contribution is -0.119. The summed E-state index contributed by atoms with van der Waals surface area (Å²) >= 11 is 2.67. The molecule has 4 rings (SSSR count). The highest BCUT2D eigenvalue weighted by Crippen LogP contribution is 2.28. The lowest BCUT2D eigenvalue weighted by Crippen LogP contribution is -2.30. The fourth-order valence-electron chi connectivity index (χ4n) is 2.74. The van der Waals surface area contributed by atoms with Crippen LogP contribution >= 0.6 is 23.1 Å². The molecule has 1 N–H and O–H groups in total. The summed E-state index contributed by atoms with van der Waals surface area (Å²) in [6.45, 7) is 1.81. The zero-order valence-electron chi connectivity index (χ0n) is 15.3. The number of nitrogens with one attached hydrogen (secondary N) is 1. The van der Waals surface area contributed by atoms with Gasteiger partial charge in [-0.3, -0.25) is 4.79 Å². The van der Waals surface area contributed by atoms with Crippen molar-refractivity contribution in [2.45, 2.75) is 18.2 Å². The van der Waals surface area contributed by atoms with E-state index in [0.717, 1.165) is 27.8 Å². The third kappa shape index (κ3) is 4.57. The zero-order valence-corrected chi connectivity index (χ0v) is 16.9. The molecular formula is C20H16FN3O3S2. The van der Waals surface area contributed by atoms with Gasteiger partial charge >= 0.3 is 0 Å². The fraction of sp³-hybridized carbons (Fsp3) is 0.150. The first kappa shape index (κ1) is 19.4. The summed E-state index contributed by atoms with van der Waals surface area (Å²) in [5, 5.41) is 13.2. The van der Waals surface area contributed by atoms with Crippen LogP contribution in [0, 0.1) is 12.7 Å². The summed E-state index contributed by atoms with van der Waals surface area (Å²) in [4.78, 5) is 13.5. The number of amides is 1. The van der Waals surface area contributed by atoms with E-state index in [1.54, 1.807) is 31.4 Å². The van der Waals surface area contributed by atoms with Crippen LogP contribution in [0.15, 0.2) is 68.2 Å². The summed E-state index contributed by atoms with van der Waals surface area (Å²) < 4.78 is 24.1. The van der Waals surface area contributed by atoms with Gasteiger partial charge in [0.15, 0.2) is 0 Å². The van der Waals surface area contributed by atoms with Gasteiger partial charge in [-0.1, -0.05) is 30.0 Å². The van der Waals surface area contributed by atoms with Crippen LogP contribution in [0.3, 0.4) is 0 Å². The summed E-state index contributed by atoms with van der Waals surface area (Å²) in [5.41, 5.74) is 1.53. The molecule has 1 unspecified atom stereocenters. The molecule has 0 spiro atoms. The molecule has 3 aromatic heterocycles. The number of hydrogen-bond donors (Lipinski definition) is 1. The molecule has 1 atom stereocenters. The Balaban J connectivity index is 1.42. The first-order valence-electron chi connectivity index (χ1n) is 8.69. The molecule has 0 aliphatic rings. The van der Waals surface area contributed by atoms with Crippen molar-refractivity contribution < 1.29 is 18.0 Å². The molecule has 0 aliphatic carbocycles. The molecule has 0 saturated carbocycles. The van der Waals surface area contributed by atoms with Crippen molar-refractivity contribution in [2.75, 3.05) is 5.75 Å². The van der Waals surface area contributed by atoms with Crippen LogP contribution in [0.25, 0.3) is 11.5 Å². The predicted octanol–water partition coefficient (Wildman–Crippen LogP) is 4.84. The molecular weight excluding hydrogens is 413 g/mol. The van der Waals surface area contributed by atoms with E-state index >= 15 is 0 Å². The number of hydrogen-bond acceptors (Lipinski definition) is 7. The van der Waals surface area contributed by atoms with E-state index in [2.05, 4.69) is 15.5 Å². The average molecular weight is 429 g/mol. The Morgan fingerprint density at radius 2 is 2.07 bits per heavy atom. The average Bonchev–Trinajstić information content (AvgIpc) is 3.47. The standard InChI is InChI=1S/C20H16FN3O3S2/c1-12-15(8-9-26-12)19-23-24-20(27-19)29-11-17(25)22-18(16-3-2-10-28-16)13-4-6-14(21)7-5-13/h2-10,18H,11H2,1H3,(H,22,25). The summed E-state index contributed by atoms with van der Waals surface area (Å²) in [5.74, 6) is 0.621. The highest BCUT2D eigenvalue weighted by Gasteiger charge is 2.19. The van der Waals surface area contributed by atoms with Crippen LogP contribution < -0.4 is 5.32 Å². The van der Waals surface area contributed by atoms with Crippen LogP contribution in [-0.4, -0.2) is 21.9 Å². The Labute approximate surface area is 174 Å². The summed E-state index contributed by atoms with van der Waals surface area (Å²) in [6.07, 6.45) is 1.55. The fourth-order valence-corrected chi connectivity index (χ4v) is 4.12. The van der Waals surface area contributed by atoms with Crippen molar-refractivity contribution in [1.29, 1.82) is 0 Å². The Morgan fingerprint density at radius 1 is 1.24 bits per heavy atom. The van der Waals surface area contributed by atoms with Crippen molar-refractivity contribution in [1.82, 2.24) is 15.5 Å². The molecule has 0 aliphatic heterocycles. The Morgan fingerprint density at radius 3 is 2.76 bits per heavy atom. The molecule has 1 aromatic carbocycles. The smallest absolute Gasteiger partial charge is 0.277 e. The molecule has 1 amide bonds. The Bertz CT molecular complexity index is 1090. The second-order valence-electron chi connectivity index (χ2n) is 6.12. The van der Waals surface area contributed by atoms with Crippen LogP contribution in [0.5, 0.6) is 0 Å². The van der Waals surface area contributed by atoms with Crippen LogP contribution in [0.4, 0.5) is 4.39 Å². The van der Waals surface area contributed by atoms with Gasteiger partial charge < -0.3 is 14.2 Å². The minimum atomic E-state index is -0.351. The Hall–Kier alpha value is -2.91. The van der Waals surface area contributed by atoms with E-state index in [0.29, 0.717) is 16.9 Å². The Kier molecular flexibility index (Phi) is 5.77. The molecule has 0 fully saturated rings. The molecule has 29 heavy (non-hydrogen) atoms. The number of thioether (sulfide) groups is 1. The van der Waals surface area contributed by atoms with Gasteiger partial charge in [0.2, 0.25) is 5.91 Å². The van der Waals surface area contributed by atoms with Crippen LogP contribution in [0.1, 0.15) is 22.2 Å². The topological polar surface area (TPSA) is 81.2 Å². The van der Waals surface area contributed by atoms with Crippen molar-refractivity contribution in [3.8, 4) is 11.5 Å². The number of benzene rings is 1. The molecule has 9 heteroatoms. The lowest BCUT2D eigenvalue weighted by atomic mass is 10.1. The molecule has 4 aromatic rings. The summed E-state index contributed by atoms with van der Waals surface area (Å²) in [6, 6.07) is 11.4. The minimum absolute atomic E-state index is 0.106. The van der Waals surface area contributed by atoms with Crippen molar-refractivity contribution in [3.63, 3.8) is 0 Å². The number of aromatic nitrogens is 2. The number of carbonyl (C=O) groups excluding carboxylic acids is 1. The van der Waals surface area contributed by atoms with Gasteiger partial charge in [0.05, 0.1) is 23.6 Å². The van der Waals surface area contributed by atoms with Gasteiger partial charge in [-0.15, -0.1) is 21.5 Å². The SMILES string of the molecule is Cc1occc1-c1nnc(SCC(=O)NC(c2ccc(F)cc2)c2cccs2)o1. The van der Waals surface area contributed by atoms with Crippen LogP contribution in [0.2, 0.25) is 0 Å². The maximum atomic E-state index is 13.3. The maximum absolute atomic E-state index is 13.3. The van der Waals surface area contributed by atoms with Gasteiger partial charge in [-0.05, 0) is 42.1 Å². The zero-order chi connectivity index (χ0) is 20.2. The molecule has 3 heterocycles.